The smallest absolute Gasteiger partial charge is 0.338 e. The quantitative estimate of drug-likeness (QED) is 0.899. The van der Waals surface area contributed by atoms with Gasteiger partial charge in [-0.1, -0.05) is 12.1 Å². The number of carboxylic acid groups (broad SMARTS) is 1. The van der Waals surface area contributed by atoms with E-state index in [4.69, 9.17) is 5.11 Å². The van der Waals surface area contributed by atoms with Gasteiger partial charge in [-0.25, -0.2) is 19.2 Å². The maximum atomic E-state index is 13.5. The number of carboxylic acids is 1. The third kappa shape index (κ3) is 2.27. The highest BCUT2D eigenvalue weighted by molar-refractivity contribution is 5.86. The van der Waals surface area contributed by atoms with E-state index in [9.17, 15) is 9.18 Å². The SMILES string of the molecule is CN(c1ncc(C(=O)O)cn1)c1ccccc1F. The molecule has 5 nitrogen and oxygen atoms in total. The summed E-state index contributed by atoms with van der Waals surface area (Å²) in [4.78, 5) is 19.9. The molecule has 0 aliphatic heterocycles. The minimum Gasteiger partial charge on any atom is -0.478 e. The Morgan fingerprint density at radius 1 is 1.28 bits per heavy atom. The number of anilines is 2. The van der Waals surface area contributed by atoms with E-state index in [1.807, 2.05) is 0 Å². The molecule has 1 N–H and O–H groups in total. The van der Waals surface area contributed by atoms with E-state index in [1.165, 1.54) is 23.4 Å². The van der Waals surface area contributed by atoms with Crippen molar-refractivity contribution in [2.45, 2.75) is 0 Å². The van der Waals surface area contributed by atoms with E-state index >= 15 is 0 Å². The lowest BCUT2D eigenvalue weighted by Crippen LogP contribution is -2.15. The van der Waals surface area contributed by atoms with Gasteiger partial charge in [0.1, 0.15) is 5.82 Å². The predicted molar refractivity (Wildman–Crippen MR) is 63.5 cm³/mol. The number of halogens is 1. The first-order chi connectivity index (χ1) is 8.59. The first-order valence-electron chi connectivity index (χ1n) is 5.13. The Balaban J connectivity index is 2.32. The summed E-state index contributed by atoms with van der Waals surface area (Å²) in [5.41, 5.74) is 0.307. The highest BCUT2D eigenvalue weighted by Crippen LogP contribution is 2.22. The van der Waals surface area contributed by atoms with Crippen LogP contribution in [0.4, 0.5) is 16.0 Å². The van der Waals surface area contributed by atoms with Gasteiger partial charge in [0.25, 0.3) is 0 Å². The Labute approximate surface area is 103 Å². The molecule has 0 aliphatic rings. The summed E-state index contributed by atoms with van der Waals surface area (Å²) in [6, 6.07) is 6.20. The summed E-state index contributed by atoms with van der Waals surface area (Å²) in [5, 5.41) is 8.72. The molecule has 0 amide bonds. The fraction of sp³-hybridized carbons (Fsp3) is 0.0833. The lowest BCUT2D eigenvalue weighted by atomic mass is 10.3. The fourth-order valence-electron chi connectivity index (χ4n) is 1.44. The minimum atomic E-state index is -1.10. The molecule has 0 atom stereocenters. The van der Waals surface area contributed by atoms with Gasteiger partial charge < -0.3 is 10.0 Å². The molecule has 0 aliphatic carbocycles. The van der Waals surface area contributed by atoms with Crippen LogP contribution in [0, 0.1) is 5.82 Å². The molecule has 0 bridgehead atoms. The monoisotopic (exact) mass is 247 g/mol. The average Bonchev–Trinajstić information content (AvgIpc) is 2.38. The van der Waals surface area contributed by atoms with Crippen LogP contribution in [0.25, 0.3) is 0 Å². The summed E-state index contributed by atoms with van der Waals surface area (Å²) in [7, 11) is 1.61. The van der Waals surface area contributed by atoms with Crippen LogP contribution in [0.3, 0.4) is 0 Å². The molecule has 1 aromatic heterocycles. The summed E-state index contributed by atoms with van der Waals surface area (Å²) in [6.07, 6.45) is 2.37. The van der Waals surface area contributed by atoms with E-state index in [-0.39, 0.29) is 11.5 Å². The second-order valence-electron chi connectivity index (χ2n) is 3.59. The van der Waals surface area contributed by atoms with Crippen molar-refractivity contribution < 1.29 is 14.3 Å². The Hall–Kier alpha value is -2.50. The molecule has 0 unspecified atom stereocenters. The number of benzene rings is 1. The highest BCUT2D eigenvalue weighted by atomic mass is 19.1. The maximum absolute atomic E-state index is 13.5. The van der Waals surface area contributed by atoms with E-state index in [0.29, 0.717) is 5.69 Å². The van der Waals surface area contributed by atoms with Gasteiger partial charge in [-0.2, -0.15) is 0 Å². The van der Waals surface area contributed by atoms with Crippen LogP contribution in [0.1, 0.15) is 10.4 Å². The van der Waals surface area contributed by atoms with Crippen molar-refractivity contribution in [2.24, 2.45) is 0 Å². The molecule has 2 rings (SSSR count). The van der Waals surface area contributed by atoms with Crippen LogP contribution in [0.2, 0.25) is 0 Å². The molecular formula is C12H10FN3O2. The van der Waals surface area contributed by atoms with Crippen LogP contribution in [-0.4, -0.2) is 28.1 Å². The lowest BCUT2D eigenvalue weighted by Gasteiger charge is -2.17. The molecule has 0 spiro atoms. The van der Waals surface area contributed by atoms with Gasteiger partial charge in [0.2, 0.25) is 5.95 Å². The van der Waals surface area contributed by atoms with Crippen molar-refractivity contribution in [1.82, 2.24) is 9.97 Å². The highest BCUT2D eigenvalue weighted by Gasteiger charge is 2.12. The van der Waals surface area contributed by atoms with Crippen LogP contribution < -0.4 is 4.90 Å². The topological polar surface area (TPSA) is 66.3 Å². The van der Waals surface area contributed by atoms with Gasteiger partial charge in [-0.15, -0.1) is 0 Å². The van der Waals surface area contributed by atoms with Crippen LogP contribution in [0.5, 0.6) is 0 Å². The zero-order valence-corrected chi connectivity index (χ0v) is 9.54. The van der Waals surface area contributed by atoms with E-state index in [0.717, 1.165) is 0 Å². The van der Waals surface area contributed by atoms with Crippen molar-refractivity contribution in [1.29, 1.82) is 0 Å². The molecule has 6 heteroatoms. The zero-order valence-electron chi connectivity index (χ0n) is 9.54. The second kappa shape index (κ2) is 4.79. The first-order valence-corrected chi connectivity index (χ1v) is 5.13. The van der Waals surface area contributed by atoms with Crippen LogP contribution >= 0.6 is 0 Å². The third-order valence-electron chi connectivity index (χ3n) is 2.40. The van der Waals surface area contributed by atoms with E-state index < -0.39 is 11.8 Å². The molecule has 0 saturated heterocycles. The number of hydrogen-bond acceptors (Lipinski definition) is 4. The first kappa shape index (κ1) is 12.0. The molecule has 0 fully saturated rings. The third-order valence-corrected chi connectivity index (χ3v) is 2.40. The number of aromatic carboxylic acids is 1. The molecule has 0 radical (unpaired) electrons. The lowest BCUT2D eigenvalue weighted by molar-refractivity contribution is 0.0696. The zero-order chi connectivity index (χ0) is 13.1. The van der Waals surface area contributed by atoms with E-state index in [1.54, 1.807) is 25.2 Å². The standard InChI is InChI=1S/C12H10FN3O2/c1-16(10-5-3-2-4-9(10)13)12-14-6-8(7-15-12)11(17)18/h2-7H,1H3,(H,17,18). The average molecular weight is 247 g/mol. The molecule has 1 heterocycles. The number of para-hydroxylation sites is 1. The molecule has 18 heavy (non-hydrogen) atoms. The van der Waals surface area contributed by atoms with E-state index in [2.05, 4.69) is 9.97 Å². The number of aromatic nitrogens is 2. The summed E-state index contributed by atoms with van der Waals surface area (Å²) in [6.45, 7) is 0. The van der Waals surface area contributed by atoms with Gasteiger partial charge in [0.05, 0.1) is 11.3 Å². The molecule has 0 saturated carbocycles. The molecular weight excluding hydrogens is 237 g/mol. The predicted octanol–water partition coefficient (Wildman–Crippen LogP) is 2.08. The molecule has 92 valence electrons. The fourth-order valence-corrected chi connectivity index (χ4v) is 1.44. The summed E-state index contributed by atoms with van der Waals surface area (Å²) < 4.78 is 13.5. The van der Waals surface area contributed by atoms with Crippen molar-refractivity contribution in [3.05, 3.63) is 48.0 Å². The van der Waals surface area contributed by atoms with Gasteiger partial charge in [-0.3, -0.25) is 0 Å². The maximum Gasteiger partial charge on any atom is 0.338 e. The minimum absolute atomic E-state index is 0.0133. The second-order valence-corrected chi connectivity index (χ2v) is 3.59. The van der Waals surface area contributed by atoms with Crippen molar-refractivity contribution >= 4 is 17.6 Å². The Morgan fingerprint density at radius 2 is 1.89 bits per heavy atom. The number of nitrogens with zero attached hydrogens (tertiary/aromatic N) is 3. The number of rotatable bonds is 3. The van der Waals surface area contributed by atoms with Crippen molar-refractivity contribution in [2.75, 3.05) is 11.9 Å². The Bertz CT molecular complexity index is 572. The van der Waals surface area contributed by atoms with Gasteiger partial charge in [0.15, 0.2) is 0 Å². The van der Waals surface area contributed by atoms with Gasteiger partial charge in [-0.05, 0) is 12.1 Å². The van der Waals surface area contributed by atoms with Crippen molar-refractivity contribution in [3.63, 3.8) is 0 Å². The summed E-state index contributed by atoms with van der Waals surface area (Å²) >= 11 is 0. The van der Waals surface area contributed by atoms with Gasteiger partial charge >= 0.3 is 5.97 Å². The Kier molecular flexibility index (Phi) is 3.18. The van der Waals surface area contributed by atoms with Gasteiger partial charge in [0, 0.05) is 19.4 Å². The van der Waals surface area contributed by atoms with Crippen LogP contribution in [-0.2, 0) is 0 Å². The number of hydrogen-bond donors (Lipinski definition) is 1. The number of carbonyl (C=O) groups is 1. The molecule has 2 aromatic rings. The largest absolute Gasteiger partial charge is 0.478 e. The Morgan fingerprint density at radius 3 is 2.44 bits per heavy atom. The normalized spacial score (nSPS) is 10.1. The summed E-state index contributed by atoms with van der Waals surface area (Å²) in [5.74, 6) is -1.27. The van der Waals surface area contributed by atoms with Crippen molar-refractivity contribution in [3.8, 4) is 0 Å². The molecule has 1 aromatic carbocycles. The van der Waals surface area contributed by atoms with Crippen LogP contribution in [0.15, 0.2) is 36.7 Å².